The SMILES string of the molecule is CCCCCCCCCC(=O)Nc1ccc2ccc3cccnc3c2n1. The summed E-state index contributed by atoms with van der Waals surface area (Å²) in [5, 5.41) is 5.02. The summed E-state index contributed by atoms with van der Waals surface area (Å²) in [5.41, 5.74) is 1.70. The van der Waals surface area contributed by atoms with Crippen molar-refractivity contribution < 1.29 is 4.79 Å². The third-order valence-electron chi connectivity index (χ3n) is 4.71. The van der Waals surface area contributed by atoms with Gasteiger partial charge in [0.05, 0.1) is 11.0 Å². The Morgan fingerprint density at radius 2 is 1.58 bits per heavy atom. The summed E-state index contributed by atoms with van der Waals surface area (Å²) < 4.78 is 0. The van der Waals surface area contributed by atoms with Crippen LogP contribution in [0.5, 0.6) is 0 Å². The summed E-state index contributed by atoms with van der Waals surface area (Å²) in [6, 6.07) is 11.9. The number of carbonyl (C=O) groups is 1. The lowest BCUT2D eigenvalue weighted by atomic mass is 10.1. The highest BCUT2D eigenvalue weighted by molar-refractivity contribution is 6.03. The first-order valence-corrected chi connectivity index (χ1v) is 9.72. The van der Waals surface area contributed by atoms with Gasteiger partial charge in [0, 0.05) is 23.4 Å². The molecule has 0 unspecified atom stereocenters. The quantitative estimate of drug-likeness (QED) is 0.389. The van der Waals surface area contributed by atoms with Crippen molar-refractivity contribution in [2.75, 3.05) is 5.32 Å². The maximum Gasteiger partial charge on any atom is 0.225 e. The van der Waals surface area contributed by atoms with Crippen molar-refractivity contribution in [3.05, 3.63) is 42.6 Å². The predicted octanol–water partition coefficient (Wildman–Crippen LogP) is 5.86. The number of benzene rings is 1. The highest BCUT2D eigenvalue weighted by Crippen LogP contribution is 2.23. The average molecular weight is 349 g/mol. The Hall–Kier alpha value is -2.49. The van der Waals surface area contributed by atoms with Crippen molar-refractivity contribution in [1.82, 2.24) is 9.97 Å². The van der Waals surface area contributed by atoms with Gasteiger partial charge in [0.1, 0.15) is 5.82 Å². The lowest BCUT2D eigenvalue weighted by Crippen LogP contribution is -2.12. The molecule has 0 aliphatic heterocycles. The molecular formula is C22H27N3O. The molecule has 3 rings (SSSR count). The zero-order chi connectivity index (χ0) is 18.2. The van der Waals surface area contributed by atoms with Crippen LogP contribution in [0.1, 0.15) is 58.3 Å². The molecule has 0 atom stereocenters. The number of amides is 1. The number of anilines is 1. The number of nitrogens with one attached hydrogen (secondary N) is 1. The second-order valence-electron chi connectivity index (χ2n) is 6.83. The molecule has 4 heteroatoms. The van der Waals surface area contributed by atoms with E-state index in [2.05, 4.69) is 22.2 Å². The topological polar surface area (TPSA) is 54.9 Å². The van der Waals surface area contributed by atoms with Crippen LogP contribution in [0.2, 0.25) is 0 Å². The number of hydrogen-bond acceptors (Lipinski definition) is 3. The van der Waals surface area contributed by atoms with Crippen molar-refractivity contribution in [3.63, 3.8) is 0 Å². The first kappa shape index (κ1) is 18.3. The highest BCUT2D eigenvalue weighted by atomic mass is 16.1. The zero-order valence-electron chi connectivity index (χ0n) is 15.5. The lowest BCUT2D eigenvalue weighted by Gasteiger charge is -2.07. The smallest absolute Gasteiger partial charge is 0.225 e. The Labute approximate surface area is 155 Å². The van der Waals surface area contributed by atoms with Gasteiger partial charge in [-0.15, -0.1) is 0 Å². The monoisotopic (exact) mass is 349 g/mol. The van der Waals surface area contributed by atoms with Gasteiger partial charge in [-0.25, -0.2) is 4.98 Å². The van der Waals surface area contributed by atoms with Gasteiger partial charge in [0.25, 0.3) is 0 Å². The Bertz CT molecular complexity index is 876. The highest BCUT2D eigenvalue weighted by Gasteiger charge is 2.07. The van der Waals surface area contributed by atoms with Crippen LogP contribution in [-0.2, 0) is 4.79 Å². The van der Waals surface area contributed by atoms with Gasteiger partial charge in [-0.1, -0.05) is 63.6 Å². The van der Waals surface area contributed by atoms with E-state index in [1.54, 1.807) is 6.20 Å². The number of pyridine rings is 2. The predicted molar refractivity (Wildman–Crippen MR) is 108 cm³/mol. The van der Waals surface area contributed by atoms with Gasteiger partial charge in [-0.2, -0.15) is 0 Å². The molecule has 0 radical (unpaired) electrons. The third-order valence-corrected chi connectivity index (χ3v) is 4.71. The third kappa shape index (κ3) is 4.78. The van der Waals surface area contributed by atoms with Gasteiger partial charge >= 0.3 is 0 Å². The number of hydrogen-bond donors (Lipinski definition) is 1. The van der Waals surface area contributed by atoms with Crippen LogP contribution in [0.3, 0.4) is 0 Å². The van der Waals surface area contributed by atoms with Gasteiger partial charge in [0.15, 0.2) is 0 Å². The van der Waals surface area contributed by atoms with E-state index in [1.807, 2.05) is 36.4 Å². The van der Waals surface area contributed by atoms with E-state index in [9.17, 15) is 4.79 Å². The van der Waals surface area contributed by atoms with Gasteiger partial charge < -0.3 is 5.32 Å². The summed E-state index contributed by atoms with van der Waals surface area (Å²) in [7, 11) is 0. The van der Waals surface area contributed by atoms with E-state index in [0.29, 0.717) is 12.2 Å². The summed E-state index contributed by atoms with van der Waals surface area (Å²) in [5.74, 6) is 0.641. The number of carbonyl (C=O) groups excluding carboxylic acids is 1. The Morgan fingerprint density at radius 3 is 2.38 bits per heavy atom. The van der Waals surface area contributed by atoms with Crippen LogP contribution in [-0.4, -0.2) is 15.9 Å². The summed E-state index contributed by atoms with van der Waals surface area (Å²) >= 11 is 0. The van der Waals surface area contributed by atoms with Crippen molar-refractivity contribution in [2.45, 2.75) is 58.3 Å². The average Bonchev–Trinajstić information content (AvgIpc) is 2.67. The first-order valence-electron chi connectivity index (χ1n) is 9.72. The van der Waals surface area contributed by atoms with Crippen LogP contribution in [0.4, 0.5) is 5.82 Å². The molecule has 2 heterocycles. The van der Waals surface area contributed by atoms with E-state index in [1.165, 1.54) is 32.1 Å². The molecule has 2 aromatic heterocycles. The fourth-order valence-electron chi connectivity index (χ4n) is 3.24. The molecule has 0 saturated heterocycles. The van der Waals surface area contributed by atoms with Crippen LogP contribution >= 0.6 is 0 Å². The summed E-state index contributed by atoms with van der Waals surface area (Å²) in [4.78, 5) is 21.3. The number of fused-ring (bicyclic) bond motifs is 3. The van der Waals surface area contributed by atoms with Crippen molar-refractivity contribution >= 4 is 33.5 Å². The molecule has 0 fully saturated rings. The van der Waals surface area contributed by atoms with Gasteiger partial charge in [-0.05, 0) is 24.6 Å². The fourth-order valence-corrected chi connectivity index (χ4v) is 3.24. The fraction of sp³-hybridized carbons (Fsp3) is 0.409. The molecule has 3 aromatic rings. The second-order valence-corrected chi connectivity index (χ2v) is 6.83. The summed E-state index contributed by atoms with van der Waals surface area (Å²) in [6.07, 6.45) is 10.8. The van der Waals surface area contributed by atoms with Crippen molar-refractivity contribution in [2.24, 2.45) is 0 Å². The van der Waals surface area contributed by atoms with Crippen molar-refractivity contribution in [1.29, 1.82) is 0 Å². The molecular weight excluding hydrogens is 322 g/mol. The number of nitrogens with zero attached hydrogens (tertiary/aromatic N) is 2. The standard InChI is InChI=1S/C22H27N3O/c1-2-3-4-5-6-7-8-11-20(26)24-19-15-14-18-13-12-17-10-9-16-23-21(17)22(18)25-19/h9-10,12-16H,2-8,11H2,1H3,(H,24,25,26). The Morgan fingerprint density at radius 1 is 0.885 bits per heavy atom. The van der Waals surface area contributed by atoms with E-state index in [4.69, 9.17) is 0 Å². The van der Waals surface area contributed by atoms with Crippen LogP contribution in [0.25, 0.3) is 21.8 Å². The Balaban J connectivity index is 1.57. The molecule has 1 N–H and O–H groups in total. The number of rotatable bonds is 9. The minimum Gasteiger partial charge on any atom is -0.311 e. The zero-order valence-corrected chi connectivity index (χ0v) is 15.5. The van der Waals surface area contributed by atoms with Gasteiger partial charge in [-0.3, -0.25) is 9.78 Å². The van der Waals surface area contributed by atoms with Gasteiger partial charge in [0.2, 0.25) is 5.91 Å². The van der Waals surface area contributed by atoms with E-state index in [-0.39, 0.29) is 5.91 Å². The lowest BCUT2D eigenvalue weighted by molar-refractivity contribution is -0.116. The largest absolute Gasteiger partial charge is 0.311 e. The van der Waals surface area contributed by atoms with E-state index >= 15 is 0 Å². The maximum absolute atomic E-state index is 12.2. The minimum absolute atomic E-state index is 0.0404. The molecule has 4 nitrogen and oxygen atoms in total. The van der Waals surface area contributed by atoms with E-state index in [0.717, 1.165) is 34.6 Å². The van der Waals surface area contributed by atoms with Crippen molar-refractivity contribution in [3.8, 4) is 0 Å². The van der Waals surface area contributed by atoms with Crippen LogP contribution < -0.4 is 5.32 Å². The normalized spacial score (nSPS) is 11.1. The molecule has 1 aromatic carbocycles. The second kappa shape index (κ2) is 9.27. The molecule has 136 valence electrons. The number of aromatic nitrogens is 2. The molecule has 0 saturated carbocycles. The molecule has 26 heavy (non-hydrogen) atoms. The molecule has 0 spiro atoms. The van der Waals surface area contributed by atoms with E-state index < -0.39 is 0 Å². The minimum atomic E-state index is 0.0404. The number of unbranched alkanes of at least 4 members (excludes halogenated alkanes) is 6. The maximum atomic E-state index is 12.2. The summed E-state index contributed by atoms with van der Waals surface area (Å²) in [6.45, 7) is 2.23. The molecule has 0 bridgehead atoms. The molecule has 1 amide bonds. The molecule has 0 aliphatic rings. The first-order chi connectivity index (χ1) is 12.8. The van der Waals surface area contributed by atoms with Crippen LogP contribution in [0.15, 0.2) is 42.6 Å². The molecule has 0 aliphatic carbocycles. The Kier molecular flexibility index (Phi) is 6.53. The van der Waals surface area contributed by atoms with Crippen LogP contribution in [0, 0.1) is 0 Å².